The summed E-state index contributed by atoms with van der Waals surface area (Å²) in [5.74, 6) is -0.0567. The second-order valence-corrected chi connectivity index (χ2v) is 6.52. The highest BCUT2D eigenvalue weighted by molar-refractivity contribution is 5.96. The standard InChI is InChI=1S/C18H27N3O5/c1-18(2,3)26-17(24)21-12-15(22)19-10-7-11-20-16(23)13-8-5-6-9-14(13)25-4/h5-6,8-9H,7,10-12H2,1-4H3,(H,19,22)(H,20,23)(H,21,24). The fourth-order valence-electron chi connectivity index (χ4n) is 1.97. The van der Waals surface area contributed by atoms with Crippen LogP contribution in [0.25, 0.3) is 0 Å². The molecule has 144 valence electrons. The van der Waals surface area contributed by atoms with Gasteiger partial charge in [0.25, 0.3) is 5.91 Å². The van der Waals surface area contributed by atoms with Gasteiger partial charge in [-0.05, 0) is 39.3 Å². The predicted molar refractivity (Wildman–Crippen MR) is 97.2 cm³/mol. The lowest BCUT2D eigenvalue weighted by atomic mass is 10.2. The molecule has 8 heteroatoms. The highest BCUT2D eigenvalue weighted by Crippen LogP contribution is 2.16. The van der Waals surface area contributed by atoms with E-state index in [0.717, 1.165) is 0 Å². The summed E-state index contributed by atoms with van der Waals surface area (Å²) in [7, 11) is 1.51. The van der Waals surface area contributed by atoms with Gasteiger partial charge in [0.15, 0.2) is 0 Å². The molecule has 0 spiro atoms. The maximum Gasteiger partial charge on any atom is 0.408 e. The molecule has 0 atom stereocenters. The second kappa shape index (κ2) is 10.3. The molecular weight excluding hydrogens is 338 g/mol. The molecule has 0 fully saturated rings. The third kappa shape index (κ3) is 8.36. The van der Waals surface area contributed by atoms with Crippen molar-refractivity contribution < 1.29 is 23.9 Å². The fraction of sp³-hybridized carbons (Fsp3) is 0.500. The van der Waals surface area contributed by atoms with E-state index in [4.69, 9.17) is 9.47 Å². The maximum atomic E-state index is 12.1. The molecule has 0 saturated carbocycles. The zero-order valence-electron chi connectivity index (χ0n) is 15.7. The van der Waals surface area contributed by atoms with E-state index < -0.39 is 11.7 Å². The first-order valence-electron chi connectivity index (χ1n) is 8.37. The van der Waals surface area contributed by atoms with Gasteiger partial charge in [-0.25, -0.2) is 4.79 Å². The van der Waals surface area contributed by atoms with Gasteiger partial charge in [-0.2, -0.15) is 0 Å². The Kier molecular flexibility index (Phi) is 8.41. The lowest BCUT2D eigenvalue weighted by molar-refractivity contribution is -0.120. The zero-order valence-corrected chi connectivity index (χ0v) is 15.7. The summed E-state index contributed by atoms with van der Waals surface area (Å²) in [4.78, 5) is 35.1. The number of amides is 3. The van der Waals surface area contributed by atoms with E-state index in [0.29, 0.717) is 30.8 Å². The highest BCUT2D eigenvalue weighted by atomic mass is 16.6. The smallest absolute Gasteiger partial charge is 0.408 e. The largest absolute Gasteiger partial charge is 0.496 e. The lowest BCUT2D eigenvalue weighted by Crippen LogP contribution is -2.40. The fourth-order valence-corrected chi connectivity index (χ4v) is 1.97. The maximum absolute atomic E-state index is 12.1. The van der Waals surface area contributed by atoms with E-state index >= 15 is 0 Å². The van der Waals surface area contributed by atoms with E-state index in [1.165, 1.54) is 7.11 Å². The summed E-state index contributed by atoms with van der Waals surface area (Å²) in [5.41, 5.74) is -0.152. The summed E-state index contributed by atoms with van der Waals surface area (Å²) in [6.45, 7) is 5.84. The molecule has 0 aliphatic heterocycles. The van der Waals surface area contributed by atoms with Crippen LogP contribution in [0.3, 0.4) is 0 Å². The molecule has 0 unspecified atom stereocenters. The molecule has 1 rings (SSSR count). The summed E-state index contributed by atoms with van der Waals surface area (Å²) in [6, 6.07) is 6.94. The molecule has 0 radical (unpaired) electrons. The Morgan fingerprint density at radius 2 is 1.65 bits per heavy atom. The van der Waals surface area contributed by atoms with E-state index in [-0.39, 0.29) is 18.4 Å². The van der Waals surface area contributed by atoms with Gasteiger partial charge in [0.05, 0.1) is 19.2 Å². The van der Waals surface area contributed by atoms with Crippen molar-refractivity contribution in [2.24, 2.45) is 0 Å². The van der Waals surface area contributed by atoms with Crippen LogP contribution in [0.5, 0.6) is 5.75 Å². The molecule has 8 nitrogen and oxygen atoms in total. The Morgan fingerprint density at radius 3 is 2.31 bits per heavy atom. The van der Waals surface area contributed by atoms with Crippen molar-refractivity contribution in [2.75, 3.05) is 26.7 Å². The van der Waals surface area contributed by atoms with Crippen molar-refractivity contribution in [3.63, 3.8) is 0 Å². The van der Waals surface area contributed by atoms with Crippen molar-refractivity contribution in [2.45, 2.75) is 32.8 Å². The van der Waals surface area contributed by atoms with Gasteiger partial charge in [-0.15, -0.1) is 0 Å². The SMILES string of the molecule is COc1ccccc1C(=O)NCCCNC(=O)CNC(=O)OC(C)(C)C. The zero-order chi connectivity index (χ0) is 19.6. The first-order chi connectivity index (χ1) is 12.2. The minimum atomic E-state index is -0.642. The summed E-state index contributed by atoms with van der Waals surface area (Å²) in [6.07, 6.45) is -0.0873. The predicted octanol–water partition coefficient (Wildman–Crippen LogP) is 1.46. The Bertz CT molecular complexity index is 625. The number of carbonyl (C=O) groups excluding carboxylic acids is 3. The van der Waals surface area contributed by atoms with E-state index in [2.05, 4.69) is 16.0 Å². The molecule has 1 aromatic carbocycles. The Labute approximate surface area is 153 Å². The molecule has 3 amide bonds. The molecule has 0 saturated heterocycles. The molecular formula is C18H27N3O5. The van der Waals surface area contributed by atoms with E-state index in [1.807, 2.05) is 0 Å². The number of nitrogens with one attached hydrogen (secondary N) is 3. The van der Waals surface area contributed by atoms with Gasteiger partial charge in [0, 0.05) is 13.1 Å². The van der Waals surface area contributed by atoms with Gasteiger partial charge in [-0.1, -0.05) is 12.1 Å². The molecule has 3 N–H and O–H groups in total. The molecule has 0 aliphatic rings. The van der Waals surface area contributed by atoms with Crippen molar-refractivity contribution >= 4 is 17.9 Å². The molecule has 0 bridgehead atoms. The van der Waals surface area contributed by atoms with E-state index in [1.54, 1.807) is 45.0 Å². The first kappa shape index (κ1) is 21.3. The molecule has 26 heavy (non-hydrogen) atoms. The number of hydrogen-bond donors (Lipinski definition) is 3. The average Bonchev–Trinajstić information content (AvgIpc) is 2.58. The van der Waals surface area contributed by atoms with Gasteiger partial charge in [0.2, 0.25) is 5.91 Å². The first-order valence-corrected chi connectivity index (χ1v) is 8.37. The molecule has 0 aliphatic carbocycles. The van der Waals surface area contributed by atoms with Crippen LogP contribution in [0.1, 0.15) is 37.6 Å². The number of benzene rings is 1. The topological polar surface area (TPSA) is 106 Å². The minimum absolute atomic E-state index is 0.164. The van der Waals surface area contributed by atoms with Crippen LogP contribution in [0.2, 0.25) is 0 Å². The van der Waals surface area contributed by atoms with E-state index in [9.17, 15) is 14.4 Å². The third-order valence-electron chi connectivity index (χ3n) is 3.11. The summed E-state index contributed by atoms with van der Waals surface area (Å²) < 4.78 is 10.2. The third-order valence-corrected chi connectivity index (χ3v) is 3.11. The van der Waals surface area contributed by atoms with Crippen LogP contribution in [-0.4, -0.2) is 50.3 Å². The van der Waals surface area contributed by atoms with Crippen LogP contribution in [0, 0.1) is 0 Å². The number of para-hydroxylation sites is 1. The van der Waals surface area contributed by atoms with Gasteiger partial charge >= 0.3 is 6.09 Å². The Balaban J connectivity index is 2.19. The quantitative estimate of drug-likeness (QED) is 0.605. The van der Waals surface area contributed by atoms with Gasteiger partial charge in [-0.3, -0.25) is 9.59 Å². The second-order valence-electron chi connectivity index (χ2n) is 6.52. The normalized spacial score (nSPS) is 10.6. The lowest BCUT2D eigenvalue weighted by Gasteiger charge is -2.19. The van der Waals surface area contributed by atoms with Crippen molar-refractivity contribution in [3.05, 3.63) is 29.8 Å². The molecule has 0 heterocycles. The van der Waals surface area contributed by atoms with Gasteiger partial charge in [0.1, 0.15) is 11.4 Å². The monoisotopic (exact) mass is 365 g/mol. The number of carbonyl (C=O) groups is 3. The molecule has 0 aromatic heterocycles. The number of alkyl carbamates (subject to hydrolysis) is 1. The van der Waals surface area contributed by atoms with Gasteiger partial charge < -0.3 is 25.4 Å². The van der Waals surface area contributed by atoms with Crippen LogP contribution >= 0.6 is 0 Å². The minimum Gasteiger partial charge on any atom is -0.496 e. The van der Waals surface area contributed by atoms with Crippen molar-refractivity contribution in [1.29, 1.82) is 0 Å². The highest BCUT2D eigenvalue weighted by Gasteiger charge is 2.16. The average molecular weight is 365 g/mol. The van der Waals surface area contributed by atoms with Crippen molar-refractivity contribution in [1.82, 2.24) is 16.0 Å². The number of rotatable bonds is 8. The molecule has 1 aromatic rings. The van der Waals surface area contributed by atoms with Crippen LogP contribution in [0.4, 0.5) is 4.79 Å². The Hall–Kier alpha value is -2.77. The Morgan fingerprint density at radius 1 is 1.00 bits per heavy atom. The van der Waals surface area contributed by atoms with Crippen LogP contribution in [0.15, 0.2) is 24.3 Å². The van der Waals surface area contributed by atoms with Crippen molar-refractivity contribution in [3.8, 4) is 5.75 Å². The summed E-state index contributed by atoms with van der Waals surface area (Å²) >= 11 is 0. The number of ether oxygens (including phenoxy) is 2. The number of methoxy groups -OCH3 is 1. The summed E-state index contributed by atoms with van der Waals surface area (Å²) in [5, 5.41) is 7.79. The van der Waals surface area contributed by atoms with Crippen LogP contribution < -0.4 is 20.7 Å². The van der Waals surface area contributed by atoms with Crippen LogP contribution in [-0.2, 0) is 9.53 Å². The number of hydrogen-bond acceptors (Lipinski definition) is 5.